The van der Waals surface area contributed by atoms with Crippen LogP contribution in [0.25, 0.3) is 10.8 Å². The summed E-state index contributed by atoms with van der Waals surface area (Å²) in [5, 5.41) is 7.66. The monoisotopic (exact) mass is 413 g/mol. The number of aromatic nitrogens is 1. The number of hydrogen-bond acceptors (Lipinski definition) is 2. The van der Waals surface area contributed by atoms with Crippen molar-refractivity contribution >= 4 is 22.5 Å². The molecule has 0 bridgehead atoms. The summed E-state index contributed by atoms with van der Waals surface area (Å²) in [5.74, 6) is 0.198. The summed E-state index contributed by atoms with van der Waals surface area (Å²) < 4.78 is 38.8. The number of rotatable bonds is 4. The van der Waals surface area contributed by atoms with Crippen LogP contribution in [0, 0.1) is 5.92 Å². The number of carbonyl (C=O) groups is 1. The van der Waals surface area contributed by atoms with E-state index in [-0.39, 0.29) is 18.0 Å². The van der Waals surface area contributed by atoms with Crippen molar-refractivity contribution in [3.63, 3.8) is 0 Å². The Labute approximate surface area is 172 Å². The average Bonchev–Trinajstić information content (AvgIpc) is 3.26. The molecule has 0 radical (unpaired) electrons. The minimum atomic E-state index is -4.38. The molecular weight excluding hydrogens is 391 g/mol. The quantitative estimate of drug-likeness (QED) is 0.527. The number of alkyl halides is 3. The highest BCUT2D eigenvalue weighted by molar-refractivity contribution is 6.01. The van der Waals surface area contributed by atoms with E-state index in [0.717, 1.165) is 48.6 Å². The van der Waals surface area contributed by atoms with E-state index in [2.05, 4.69) is 15.6 Å². The standard InChI is InChI=1S/C23H22F3N3O/c24-23(25,26)18-10-8-16(9-11-18)21(15-4-1-2-5-15)29-22(30)28-20-7-3-6-17-14-27-13-12-19(17)20/h3,6-15,21H,1-2,4-5H2,(H2,28,29,30). The zero-order chi connectivity index (χ0) is 21.1. The fourth-order valence-electron chi connectivity index (χ4n) is 4.17. The topological polar surface area (TPSA) is 54.0 Å². The molecule has 2 amide bonds. The highest BCUT2D eigenvalue weighted by Gasteiger charge is 2.32. The first-order valence-corrected chi connectivity index (χ1v) is 9.99. The van der Waals surface area contributed by atoms with Crippen LogP contribution in [0.4, 0.5) is 23.7 Å². The second kappa shape index (κ2) is 8.34. The van der Waals surface area contributed by atoms with Gasteiger partial charge in [-0.1, -0.05) is 37.1 Å². The maximum atomic E-state index is 12.9. The van der Waals surface area contributed by atoms with Crippen molar-refractivity contribution in [1.29, 1.82) is 0 Å². The van der Waals surface area contributed by atoms with Crippen molar-refractivity contribution < 1.29 is 18.0 Å². The Morgan fingerprint density at radius 1 is 1.03 bits per heavy atom. The maximum absolute atomic E-state index is 12.9. The lowest BCUT2D eigenvalue weighted by molar-refractivity contribution is -0.137. The molecule has 3 aromatic rings. The SMILES string of the molecule is O=C(Nc1cccc2cnccc12)NC(c1ccc(C(F)(F)F)cc1)C1CCCC1. The summed E-state index contributed by atoms with van der Waals surface area (Å²) in [4.78, 5) is 16.9. The van der Waals surface area contributed by atoms with E-state index < -0.39 is 11.7 Å². The molecule has 1 unspecified atom stereocenters. The van der Waals surface area contributed by atoms with Crippen molar-refractivity contribution in [3.05, 3.63) is 72.1 Å². The number of fused-ring (bicyclic) bond motifs is 1. The molecule has 0 spiro atoms. The van der Waals surface area contributed by atoms with Gasteiger partial charge in [0.15, 0.2) is 0 Å². The van der Waals surface area contributed by atoms with Crippen LogP contribution in [0.1, 0.15) is 42.9 Å². The number of nitrogens with zero attached hydrogens (tertiary/aromatic N) is 1. The Hall–Kier alpha value is -3.09. The predicted molar refractivity (Wildman–Crippen MR) is 110 cm³/mol. The molecule has 0 aliphatic heterocycles. The van der Waals surface area contributed by atoms with Gasteiger partial charge in [-0.15, -0.1) is 0 Å². The van der Waals surface area contributed by atoms with Gasteiger partial charge in [0.2, 0.25) is 0 Å². The Kier molecular flexibility index (Phi) is 5.61. The Morgan fingerprint density at radius 3 is 2.47 bits per heavy atom. The third kappa shape index (κ3) is 4.40. The number of carbonyl (C=O) groups excluding carboxylic acids is 1. The fourth-order valence-corrected chi connectivity index (χ4v) is 4.17. The summed E-state index contributed by atoms with van der Waals surface area (Å²) in [7, 11) is 0. The van der Waals surface area contributed by atoms with Gasteiger partial charge in [-0.05, 0) is 48.6 Å². The summed E-state index contributed by atoms with van der Waals surface area (Å²) in [6.45, 7) is 0. The van der Waals surface area contributed by atoms with Gasteiger partial charge in [0, 0.05) is 23.2 Å². The zero-order valence-electron chi connectivity index (χ0n) is 16.2. The number of anilines is 1. The molecule has 1 aliphatic rings. The first-order valence-electron chi connectivity index (χ1n) is 9.99. The van der Waals surface area contributed by atoms with Gasteiger partial charge in [-0.3, -0.25) is 4.98 Å². The van der Waals surface area contributed by atoms with Gasteiger partial charge in [0.25, 0.3) is 0 Å². The maximum Gasteiger partial charge on any atom is 0.416 e. The third-order valence-electron chi connectivity index (χ3n) is 5.68. The second-order valence-corrected chi connectivity index (χ2v) is 7.64. The van der Waals surface area contributed by atoms with Crippen LogP contribution >= 0.6 is 0 Å². The lowest BCUT2D eigenvalue weighted by Crippen LogP contribution is -2.36. The number of benzene rings is 2. The molecule has 2 aromatic carbocycles. The van der Waals surface area contributed by atoms with Gasteiger partial charge >= 0.3 is 12.2 Å². The Morgan fingerprint density at radius 2 is 1.77 bits per heavy atom. The number of pyridine rings is 1. The smallest absolute Gasteiger partial charge is 0.331 e. The zero-order valence-corrected chi connectivity index (χ0v) is 16.2. The molecule has 0 saturated heterocycles. The summed E-state index contributed by atoms with van der Waals surface area (Å²) in [6.07, 6.45) is 2.99. The normalized spacial score (nSPS) is 15.8. The summed E-state index contributed by atoms with van der Waals surface area (Å²) in [6, 6.07) is 11.8. The molecule has 1 atom stereocenters. The summed E-state index contributed by atoms with van der Waals surface area (Å²) in [5.41, 5.74) is 0.655. The van der Waals surface area contributed by atoms with Crippen LogP contribution in [0.5, 0.6) is 0 Å². The summed E-state index contributed by atoms with van der Waals surface area (Å²) >= 11 is 0. The van der Waals surface area contributed by atoms with Crippen LogP contribution in [-0.2, 0) is 6.18 Å². The number of nitrogens with one attached hydrogen (secondary N) is 2. The molecule has 1 heterocycles. The van der Waals surface area contributed by atoms with Crippen LogP contribution in [-0.4, -0.2) is 11.0 Å². The number of halogens is 3. The third-order valence-corrected chi connectivity index (χ3v) is 5.68. The molecule has 1 fully saturated rings. The molecule has 1 aliphatic carbocycles. The van der Waals surface area contributed by atoms with Crippen molar-refractivity contribution in [2.45, 2.75) is 37.9 Å². The van der Waals surface area contributed by atoms with Crippen molar-refractivity contribution in [3.8, 4) is 0 Å². The number of hydrogen-bond donors (Lipinski definition) is 2. The largest absolute Gasteiger partial charge is 0.416 e. The predicted octanol–water partition coefficient (Wildman–Crippen LogP) is 6.31. The van der Waals surface area contributed by atoms with E-state index in [4.69, 9.17) is 0 Å². The van der Waals surface area contributed by atoms with Crippen LogP contribution in [0.3, 0.4) is 0 Å². The van der Waals surface area contributed by atoms with E-state index >= 15 is 0 Å². The Bertz CT molecular complexity index is 1020. The van der Waals surface area contributed by atoms with E-state index in [1.54, 1.807) is 12.4 Å². The molecular formula is C23H22F3N3O. The first kappa shape index (κ1) is 20.2. The van der Waals surface area contributed by atoms with E-state index in [1.165, 1.54) is 12.1 Å². The van der Waals surface area contributed by atoms with E-state index in [0.29, 0.717) is 11.3 Å². The van der Waals surface area contributed by atoms with Gasteiger partial charge in [0.1, 0.15) is 0 Å². The van der Waals surface area contributed by atoms with Crippen LogP contribution < -0.4 is 10.6 Å². The first-order chi connectivity index (χ1) is 14.4. The highest BCUT2D eigenvalue weighted by atomic mass is 19.4. The lowest BCUT2D eigenvalue weighted by Gasteiger charge is -2.26. The Balaban J connectivity index is 1.55. The molecule has 1 saturated carbocycles. The second-order valence-electron chi connectivity index (χ2n) is 7.64. The van der Waals surface area contributed by atoms with Crippen molar-refractivity contribution in [2.24, 2.45) is 5.92 Å². The van der Waals surface area contributed by atoms with Crippen LogP contribution in [0.2, 0.25) is 0 Å². The molecule has 2 N–H and O–H groups in total. The fraction of sp³-hybridized carbons (Fsp3) is 0.304. The minimum absolute atomic E-state index is 0.198. The van der Waals surface area contributed by atoms with Gasteiger partial charge in [-0.2, -0.15) is 13.2 Å². The minimum Gasteiger partial charge on any atom is -0.331 e. The van der Waals surface area contributed by atoms with Gasteiger partial charge in [0.05, 0.1) is 17.3 Å². The van der Waals surface area contributed by atoms with E-state index in [9.17, 15) is 18.0 Å². The van der Waals surface area contributed by atoms with Crippen LogP contribution in [0.15, 0.2) is 60.9 Å². The van der Waals surface area contributed by atoms with E-state index in [1.807, 2.05) is 24.3 Å². The van der Waals surface area contributed by atoms with Gasteiger partial charge in [-0.25, -0.2) is 4.79 Å². The molecule has 4 rings (SSSR count). The number of urea groups is 1. The van der Waals surface area contributed by atoms with Gasteiger partial charge < -0.3 is 10.6 Å². The molecule has 4 nitrogen and oxygen atoms in total. The molecule has 156 valence electrons. The van der Waals surface area contributed by atoms with Crippen molar-refractivity contribution in [2.75, 3.05) is 5.32 Å². The molecule has 30 heavy (non-hydrogen) atoms. The van der Waals surface area contributed by atoms with Crippen molar-refractivity contribution in [1.82, 2.24) is 10.3 Å². The lowest BCUT2D eigenvalue weighted by atomic mass is 9.91. The number of amides is 2. The molecule has 7 heteroatoms. The average molecular weight is 413 g/mol. The molecule has 1 aromatic heterocycles. The highest BCUT2D eigenvalue weighted by Crippen LogP contribution is 2.37.